The highest BCUT2D eigenvalue weighted by Gasteiger charge is 2.48. The minimum Gasteiger partial charge on any atom is -0.303 e. The summed E-state index contributed by atoms with van der Waals surface area (Å²) in [5.41, 5.74) is 3.49. The van der Waals surface area contributed by atoms with Crippen molar-refractivity contribution in [3.05, 3.63) is 35.4 Å². The number of hydrogen-bond acceptors (Lipinski definition) is 1. The van der Waals surface area contributed by atoms with E-state index in [9.17, 15) is 0 Å². The molecule has 1 aromatic rings. The molecule has 1 aliphatic carbocycles. The summed E-state index contributed by atoms with van der Waals surface area (Å²) in [6, 6.07) is 8.77. The topological polar surface area (TPSA) is 12.0 Å². The molecule has 1 spiro atoms. The molecule has 1 aliphatic heterocycles. The molecule has 0 radical (unpaired) electrons. The van der Waals surface area contributed by atoms with E-state index in [-0.39, 0.29) is 12.4 Å². The van der Waals surface area contributed by atoms with Gasteiger partial charge in [0.2, 0.25) is 0 Å². The first-order valence-corrected chi connectivity index (χ1v) is 4.24. The Balaban J connectivity index is 0.000000563. The maximum Gasteiger partial charge on any atom is 0.0442 e. The van der Waals surface area contributed by atoms with Gasteiger partial charge in [0.05, 0.1) is 0 Å². The molecular weight excluding hydrogens is 170 g/mol. The van der Waals surface area contributed by atoms with Crippen molar-refractivity contribution in [2.75, 3.05) is 0 Å². The molecule has 1 saturated carbocycles. The minimum atomic E-state index is 0. The molecular formula is C10H12ClN. The predicted molar refractivity (Wildman–Crippen MR) is 51.4 cm³/mol. The SMILES string of the molecule is Cl.c1ccc2c(c1)CNC21CC1. The van der Waals surface area contributed by atoms with E-state index in [1.165, 1.54) is 18.4 Å². The fraction of sp³-hybridized carbons (Fsp3) is 0.400. The molecule has 1 fully saturated rings. The summed E-state index contributed by atoms with van der Waals surface area (Å²) in [5, 5.41) is 3.57. The lowest BCUT2D eigenvalue weighted by atomic mass is 10.0. The fourth-order valence-corrected chi connectivity index (χ4v) is 2.07. The van der Waals surface area contributed by atoms with Crippen molar-refractivity contribution in [1.29, 1.82) is 0 Å². The summed E-state index contributed by atoms with van der Waals surface area (Å²) in [6.07, 6.45) is 2.67. The van der Waals surface area contributed by atoms with Gasteiger partial charge in [0.15, 0.2) is 0 Å². The Kier molecular flexibility index (Phi) is 1.67. The van der Waals surface area contributed by atoms with Gasteiger partial charge in [-0.1, -0.05) is 24.3 Å². The van der Waals surface area contributed by atoms with Crippen LogP contribution in [0.1, 0.15) is 24.0 Å². The molecule has 1 aromatic carbocycles. The largest absolute Gasteiger partial charge is 0.303 e. The standard InChI is InChI=1S/C10H11N.ClH/c1-2-4-9-8(3-1)7-11-10(9)5-6-10;/h1-4,11H,5-7H2;1H. The van der Waals surface area contributed by atoms with Crippen molar-refractivity contribution < 1.29 is 0 Å². The van der Waals surface area contributed by atoms with Crippen molar-refractivity contribution in [2.45, 2.75) is 24.9 Å². The van der Waals surface area contributed by atoms with Crippen LogP contribution in [-0.4, -0.2) is 0 Å². The lowest BCUT2D eigenvalue weighted by Gasteiger charge is -2.06. The quantitative estimate of drug-likeness (QED) is 0.647. The lowest BCUT2D eigenvalue weighted by Crippen LogP contribution is -2.19. The maximum absolute atomic E-state index is 3.57. The zero-order chi connectivity index (χ0) is 7.31. The van der Waals surface area contributed by atoms with Gasteiger partial charge in [0.25, 0.3) is 0 Å². The van der Waals surface area contributed by atoms with Gasteiger partial charge in [0.1, 0.15) is 0 Å². The summed E-state index contributed by atoms with van der Waals surface area (Å²) < 4.78 is 0. The third-order valence-electron chi connectivity index (χ3n) is 2.90. The summed E-state index contributed by atoms with van der Waals surface area (Å²) >= 11 is 0. The first-order chi connectivity index (χ1) is 5.41. The van der Waals surface area contributed by atoms with Crippen LogP contribution in [0.4, 0.5) is 0 Å². The Morgan fingerprint density at radius 1 is 1.17 bits per heavy atom. The van der Waals surface area contributed by atoms with Crippen LogP contribution in [0.3, 0.4) is 0 Å². The summed E-state index contributed by atoms with van der Waals surface area (Å²) in [5.74, 6) is 0. The second-order valence-electron chi connectivity index (χ2n) is 3.59. The van der Waals surface area contributed by atoms with Gasteiger partial charge in [-0.05, 0) is 24.0 Å². The molecule has 0 amide bonds. The van der Waals surface area contributed by atoms with Crippen LogP contribution >= 0.6 is 12.4 Å². The van der Waals surface area contributed by atoms with Crippen LogP contribution in [0.5, 0.6) is 0 Å². The average molecular weight is 182 g/mol. The van der Waals surface area contributed by atoms with Crippen molar-refractivity contribution >= 4 is 12.4 Å². The minimum absolute atomic E-state index is 0. The Morgan fingerprint density at radius 3 is 2.67 bits per heavy atom. The second-order valence-corrected chi connectivity index (χ2v) is 3.59. The van der Waals surface area contributed by atoms with E-state index < -0.39 is 0 Å². The van der Waals surface area contributed by atoms with Gasteiger partial charge in [0, 0.05) is 12.1 Å². The summed E-state index contributed by atoms with van der Waals surface area (Å²) in [4.78, 5) is 0. The monoisotopic (exact) mass is 181 g/mol. The van der Waals surface area contributed by atoms with Crippen LogP contribution in [0.25, 0.3) is 0 Å². The fourth-order valence-electron chi connectivity index (χ4n) is 2.07. The maximum atomic E-state index is 3.57. The number of nitrogens with one attached hydrogen (secondary N) is 1. The first kappa shape index (κ1) is 8.09. The Morgan fingerprint density at radius 2 is 1.92 bits per heavy atom. The van der Waals surface area contributed by atoms with Crippen LogP contribution in [0.2, 0.25) is 0 Å². The van der Waals surface area contributed by atoms with E-state index in [2.05, 4.69) is 29.6 Å². The molecule has 2 heteroatoms. The lowest BCUT2D eigenvalue weighted by molar-refractivity contribution is 0.574. The molecule has 1 N–H and O–H groups in total. The van der Waals surface area contributed by atoms with Crippen molar-refractivity contribution in [3.63, 3.8) is 0 Å². The van der Waals surface area contributed by atoms with Crippen molar-refractivity contribution in [1.82, 2.24) is 5.32 Å². The van der Waals surface area contributed by atoms with Crippen LogP contribution in [0, 0.1) is 0 Å². The van der Waals surface area contributed by atoms with E-state index in [1.54, 1.807) is 5.56 Å². The smallest absolute Gasteiger partial charge is 0.0442 e. The zero-order valence-electron chi connectivity index (χ0n) is 6.84. The highest BCUT2D eigenvalue weighted by molar-refractivity contribution is 5.85. The van der Waals surface area contributed by atoms with Gasteiger partial charge >= 0.3 is 0 Å². The third kappa shape index (κ3) is 0.900. The van der Waals surface area contributed by atoms with E-state index in [0.717, 1.165) is 6.54 Å². The molecule has 0 unspecified atom stereocenters. The number of halogens is 1. The molecule has 3 rings (SSSR count). The number of hydrogen-bond donors (Lipinski definition) is 1. The molecule has 1 heterocycles. The van der Waals surface area contributed by atoms with Gasteiger partial charge < -0.3 is 5.32 Å². The predicted octanol–water partition coefficient (Wildman–Crippen LogP) is 2.20. The van der Waals surface area contributed by atoms with E-state index in [1.807, 2.05) is 0 Å². The van der Waals surface area contributed by atoms with Crippen molar-refractivity contribution in [2.24, 2.45) is 0 Å². The van der Waals surface area contributed by atoms with Crippen molar-refractivity contribution in [3.8, 4) is 0 Å². The Bertz CT molecular complexity index is 304. The molecule has 0 saturated heterocycles. The molecule has 1 nitrogen and oxygen atoms in total. The third-order valence-corrected chi connectivity index (χ3v) is 2.90. The summed E-state index contributed by atoms with van der Waals surface area (Å²) in [6.45, 7) is 1.08. The number of fused-ring (bicyclic) bond motifs is 2. The van der Waals surface area contributed by atoms with Crippen LogP contribution < -0.4 is 5.32 Å². The van der Waals surface area contributed by atoms with E-state index in [4.69, 9.17) is 0 Å². The van der Waals surface area contributed by atoms with Gasteiger partial charge in [-0.3, -0.25) is 0 Å². The molecule has 12 heavy (non-hydrogen) atoms. The van der Waals surface area contributed by atoms with Gasteiger partial charge in [-0.2, -0.15) is 0 Å². The highest BCUT2D eigenvalue weighted by atomic mass is 35.5. The number of rotatable bonds is 0. The molecule has 0 atom stereocenters. The molecule has 64 valence electrons. The first-order valence-electron chi connectivity index (χ1n) is 4.24. The van der Waals surface area contributed by atoms with Crippen LogP contribution in [0.15, 0.2) is 24.3 Å². The average Bonchev–Trinajstić information content (AvgIpc) is 2.72. The van der Waals surface area contributed by atoms with E-state index in [0.29, 0.717) is 5.54 Å². The normalized spacial score (nSPS) is 21.7. The molecule has 0 bridgehead atoms. The summed E-state index contributed by atoms with van der Waals surface area (Å²) in [7, 11) is 0. The Labute approximate surface area is 78.6 Å². The van der Waals surface area contributed by atoms with Crippen LogP contribution in [-0.2, 0) is 12.1 Å². The van der Waals surface area contributed by atoms with E-state index >= 15 is 0 Å². The second kappa shape index (κ2) is 2.48. The molecule has 2 aliphatic rings. The highest BCUT2D eigenvalue weighted by Crippen LogP contribution is 2.49. The Hall–Kier alpha value is -0.530. The number of benzene rings is 1. The van der Waals surface area contributed by atoms with Gasteiger partial charge in [-0.15, -0.1) is 12.4 Å². The van der Waals surface area contributed by atoms with Gasteiger partial charge in [-0.25, -0.2) is 0 Å². The zero-order valence-corrected chi connectivity index (χ0v) is 7.66. The molecule has 0 aromatic heterocycles.